The van der Waals surface area contributed by atoms with Gasteiger partial charge in [-0.25, -0.2) is 19.3 Å². The second kappa shape index (κ2) is 7.24. The Labute approximate surface area is 182 Å². The molecule has 1 aromatic carbocycles. The van der Waals surface area contributed by atoms with Crippen molar-refractivity contribution < 1.29 is 9.90 Å². The highest BCUT2D eigenvalue weighted by molar-refractivity contribution is 6.30. The van der Waals surface area contributed by atoms with Crippen LogP contribution in [0.4, 0.5) is 10.6 Å². The molecule has 1 aliphatic rings. The molecule has 3 aromatic heterocycles. The summed E-state index contributed by atoms with van der Waals surface area (Å²) < 4.78 is 3.56. The maximum Gasteiger partial charge on any atom is 0.405 e. The Bertz CT molecular complexity index is 1290. The lowest BCUT2D eigenvalue weighted by atomic mass is 10.0. The van der Waals surface area contributed by atoms with Crippen molar-refractivity contribution in [3.05, 3.63) is 47.6 Å². The van der Waals surface area contributed by atoms with Crippen LogP contribution in [0.5, 0.6) is 0 Å². The molecule has 31 heavy (non-hydrogen) atoms. The minimum Gasteiger partial charge on any atom is -0.465 e. The molecule has 1 aliphatic heterocycles. The first kappa shape index (κ1) is 19.3. The Morgan fingerprint density at radius 2 is 1.97 bits per heavy atom. The summed E-state index contributed by atoms with van der Waals surface area (Å²) in [6.45, 7) is 2.94. The fourth-order valence-corrected chi connectivity index (χ4v) is 4.08. The number of fused-ring (bicyclic) bond motifs is 1. The van der Waals surface area contributed by atoms with Crippen LogP contribution in [0.3, 0.4) is 0 Å². The standard InChI is InChI=1S/C20H19ClN8O2/c1-11-25-16(15-7-23-27(2)17(15)12-3-5-13(21)6-4-12)18-19(22-10-24-29(11)18)28-8-14(9-28)26-20(30)31/h3-7,10,14,26H,8-9H2,1-2H3,(H,30,31). The number of anilines is 1. The number of halogens is 1. The van der Waals surface area contributed by atoms with Gasteiger partial charge in [-0.1, -0.05) is 23.7 Å². The number of amides is 1. The lowest BCUT2D eigenvalue weighted by Gasteiger charge is -2.39. The third-order valence-electron chi connectivity index (χ3n) is 5.40. The van der Waals surface area contributed by atoms with E-state index in [4.69, 9.17) is 21.7 Å². The zero-order valence-corrected chi connectivity index (χ0v) is 17.6. The van der Waals surface area contributed by atoms with Crippen LogP contribution in [0, 0.1) is 6.92 Å². The molecule has 0 atom stereocenters. The number of hydrogen-bond acceptors (Lipinski definition) is 6. The van der Waals surface area contributed by atoms with E-state index in [-0.39, 0.29) is 6.04 Å². The van der Waals surface area contributed by atoms with Gasteiger partial charge >= 0.3 is 6.09 Å². The Morgan fingerprint density at radius 3 is 2.68 bits per heavy atom. The van der Waals surface area contributed by atoms with E-state index in [0.717, 1.165) is 33.9 Å². The summed E-state index contributed by atoms with van der Waals surface area (Å²) >= 11 is 6.07. The average molecular weight is 439 g/mol. The summed E-state index contributed by atoms with van der Waals surface area (Å²) in [5.74, 6) is 1.43. The van der Waals surface area contributed by atoms with Crippen molar-refractivity contribution in [1.82, 2.24) is 34.7 Å². The number of imidazole rings is 1. The van der Waals surface area contributed by atoms with E-state index in [2.05, 4.69) is 20.5 Å². The third kappa shape index (κ3) is 3.25. The average Bonchev–Trinajstić information content (AvgIpc) is 3.25. The van der Waals surface area contributed by atoms with Crippen LogP contribution in [0.15, 0.2) is 36.8 Å². The smallest absolute Gasteiger partial charge is 0.405 e. The topological polar surface area (TPSA) is 113 Å². The summed E-state index contributed by atoms with van der Waals surface area (Å²) in [7, 11) is 1.88. The van der Waals surface area contributed by atoms with Crippen molar-refractivity contribution >= 4 is 29.0 Å². The Morgan fingerprint density at radius 1 is 1.23 bits per heavy atom. The molecule has 0 radical (unpaired) electrons. The third-order valence-corrected chi connectivity index (χ3v) is 5.65. The quantitative estimate of drug-likeness (QED) is 0.503. The first-order valence-electron chi connectivity index (χ1n) is 9.65. The highest BCUT2D eigenvalue weighted by Crippen LogP contribution is 2.37. The van der Waals surface area contributed by atoms with Crippen LogP contribution < -0.4 is 10.2 Å². The molecule has 4 heterocycles. The zero-order valence-electron chi connectivity index (χ0n) is 16.8. The molecule has 0 bridgehead atoms. The molecule has 2 N–H and O–H groups in total. The Balaban J connectivity index is 1.63. The van der Waals surface area contributed by atoms with Crippen LogP contribution >= 0.6 is 11.6 Å². The fraction of sp³-hybridized carbons (Fsp3) is 0.250. The molecule has 1 amide bonds. The monoisotopic (exact) mass is 438 g/mol. The van der Waals surface area contributed by atoms with Crippen molar-refractivity contribution in [1.29, 1.82) is 0 Å². The molecule has 0 spiro atoms. The van der Waals surface area contributed by atoms with Gasteiger partial charge in [0.15, 0.2) is 5.82 Å². The van der Waals surface area contributed by atoms with Crippen molar-refractivity contribution in [3.8, 4) is 22.5 Å². The Hall–Kier alpha value is -3.66. The van der Waals surface area contributed by atoms with E-state index in [1.54, 1.807) is 15.4 Å². The number of rotatable bonds is 4. The van der Waals surface area contributed by atoms with Gasteiger partial charge in [-0.2, -0.15) is 10.2 Å². The van der Waals surface area contributed by atoms with Crippen molar-refractivity contribution in [2.24, 2.45) is 7.05 Å². The Kier molecular flexibility index (Phi) is 4.51. The molecule has 0 unspecified atom stereocenters. The largest absolute Gasteiger partial charge is 0.465 e. The number of nitrogens with one attached hydrogen (secondary N) is 1. The lowest BCUT2D eigenvalue weighted by molar-refractivity contribution is 0.187. The number of carbonyl (C=O) groups is 1. The SMILES string of the molecule is Cc1nc(-c2cnn(C)c2-c2ccc(Cl)cc2)c2c(N3CC(NC(=O)O)C3)ncnn12. The maximum absolute atomic E-state index is 10.9. The number of benzene rings is 1. The molecule has 0 saturated carbocycles. The predicted molar refractivity (Wildman–Crippen MR) is 115 cm³/mol. The lowest BCUT2D eigenvalue weighted by Crippen LogP contribution is -2.59. The molecule has 11 heteroatoms. The molecule has 158 valence electrons. The highest BCUT2D eigenvalue weighted by atomic mass is 35.5. The summed E-state index contributed by atoms with van der Waals surface area (Å²) in [5, 5.41) is 21.0. The molecule has 5 rings (SSSR count). The van der Waals surface area contributed by atoms with Gasteiger partial charge in [0.25, 0.3) is 0 Å². The summed E-state index contributed by atoms with van der Waals surface area (Å²) in [6, 6.07) is 7.44. The summed E-state index contributed by atoms with van der Waals surface area (Å²) in [4.78, 5) is 22.2. The van der Waals surface area contributed by atoms with Crippen LogP contribution in [-0.2, 0) is 7.05 Å². The van der Waals surface area contributed by atoms with E-state index < -0.39 is 6.09 Å². The van der Waals surface area contributed by atoms with Gasteiger partial charge in [0.2, 0.25) is 0 Å². The predicted octanol–water partition coefficient (Wildman–Crippen LogP) is 2.61. The zero-order chi connectivity index (χ0) is 21.7. The molecule has 1 fully saturated rings. The van der Waals surface area contributed by atoms with Gasteiger partial charge in [-0.3, -0.25) is 4.68 Å². The molecule has 10 nitrogen and oxygen atoms in total. The minimum absolute atomic E-state index is 0.136. The first-order chi connectivity index (χ1) is 14.9. The van der Waals surface area contributed by atoms with Crippen LogP contribution in [0.25, 0.3) is 28.0 Å². The molecule has 4 aromatic rings. The van der Waals surface area contributed by atoms with E-state index >= 15 is 0 Å². The van der Waals surface area contributed by atoms with Crippen LogP contribution in [0.1, 0.15) is 5.82 Å². The molecular weight excluding hydrogens is 420 g/mol. The van der Waals surface area contributed by atoms with E-state index in [0.29, 0.717) is 23.9 Å². The second-order valence-corrected chi connectivity index (χ2v) is 7.88. The van der Waals surface area contributed by atoms with Gasteiger partial charge in [0.1, 0.15) is 23.4 Å². The number of carboxylic acid groups (broad SMARTS) is 1. The molecule has 0 aliphatic carbocycles. The second-order valence-electron chi connectivity index (χ2n) is 7.44. The number of nitrogens with zero attached hydrogens (tertiary/aromatic N) is 7. The van der Waals surface area contributed by atoms with Gasteiger partial charge < -0.3 is 15.3 Å². The van der Waals surface area contributed by atoms with E-state index in [9.17, 15) is 4.79 Å². The molecule has 1 saturated heterocycles. The molecular formula is C20H19ClN8O2. The number of aromatic nitrogens is 6. The van der Waals surface area contributed by atoms with Crippen LogP contribution in [-0.4, -0.2) is 59.7 Å². The van der Waals surface area contributed by atoms with Gasteiger partial charge in [-0.15, -0.1) is 0 Å². The van der Waals surface area contributed by atoms with E-state index in [1.165, 1.54) is 6.33 Å². The number of hydrogen-bond donors (Lipinski definition) is 2. The van der Waals surface area contributed by atoms with Gasteiger partial charge in [-0.05, 0) is 19.1 Å². The summed E-state index contributed by atoms with van der Waals surface area (Å²) in [6.07, 6.45) is 2.25. The van der Waals surface area contributed by atoms with Crippen molar-refractivity contribution in [2.45, 2.75) is 13.0 Å². The first-order valence-corrected chi connectivity index (χ1v) is 10.0. The van der Waals surface area contributed by atoms with Crippen molar-refractivity contribution in [2.75, 3.05) is 18.0 Å². The minimum atomic E-state index is -1.03. The maximum atomic E-state index is 10.9. The normalized spacial score (nSPS) is 14.1. The van der Waals surface area contributed by atoms with Crippen LogP contribution in [0.2, 0.25) is 5.02 Å². The number of aryl methyl sites for hydroxylation is 2. The fourth-order valence-electron chi connectivity index (χ4n) is 3.96. The van der Waals surface area contributed by atoms with Gasteiger partial charge in [0.05, 0.1) is 17.9 Å². The van der Waals surface area contributed by atoms with Gasteiger partial charge in [0, 0.05) is 36.3 Å². The van der Waals surface area contributed by atoms with Crippen molar-refractivity contribution in [3.63, 3.8) is 0 Å². The highest BCUT2D eigenvalue weighted by Gasteiger charge is 2.32. The summed E-state index contributed by atoms with van der Waals surface area (Å²) in [5.41, 5.74) is 4.21. The van der Waals surface area contributed by atoms with E-state index in [1.807, 2.05) is 43.1 Å².